The Labute approximate surface area is 138 Å². The highest BCUT2D eigenvalue weighted by Gasteiger charge is 2.16. The molecule has 2 amide bonds. The Morgan fingerprint density at radius 3 is 2.74 bits per heavy atom. The number of aryl methyl sites for hydroxylation is 2. The zero-order chi connectivity index (χ0) is 16.7. The molecular formula is C17H28N4O2. The van der Waals surface area contributed by atoms with Crippen LogP contribution >= 0.6 is 0 Å². The number of amides is 2. The molecule has 1 saturated carbocycles. The normalized spacial score (nSPS) is 15.4. The fraction of sp³-hybridized carbons (Fsp3) is 0.706. The molecule has 0 aliphatic heterocycles. The van der Waals surface area contributed by atoms with Crippen LogP contribution in [0.5, 0.6) is 0 Å². The standard InChI is InChI=1S/C17H28N4O2/c1-3-7-14-12-15(21(2)20-14)17(23)18-11-10-16(22)19-13-8-5-4-6-9-13/h12-13H,3-11H2,1-2H3,(H,18,23)(H,19,22). The molecule has 2 rings (SSSR count). The van der Waals surface area contributed by atoms with E-state index in [-0.39, 0.29) is 11.8 Å². The van der Waals surface area contributed by atoms with E-state index in [0.717, 1.165) is 31.4 Å². The van der Waals surface area contributed by atoms with Gasteiger partial charge in [-0.3, -0.25) is 14.3 Å². The molecule has 0 bridgehead atoms. The van der Waals surface area contributed by atoms with Gasteiger partial charge in [-0.15, -0.1) is 0 Å². The molecule has 1 aromatic heterocycles. The van der Waals surface area contributed by atoms with Gasteiger partial charge in [-0.1, -0.05) is 32.6 Å². The molecule has 1 fully saturated rings. The molecule has 0 spiro atoms. The van der Waals surface area contributed by atoms with Crippen LogP contribution in [-0.2, 0) is 18.3 Å². The summed E-state index contributed by atoms with van der Waals surface area (Å²) in [4.78, 5) is 24.1. The highest BCUT2D eigenvalue weighted by atomic mass is 16.2. The van der Waals surface area contributed by atoms with E-state index in [1.165, 1.54) is 19.3 Å². The number of nitrogens with zero attached hydrogens (tertiary/aromatic N) is 2. The minimum Gasteiger partial charge on any atom is -0.353 e. The van der Waals surface area contributed by atoms with Crippen molar-refractivity contribution in [2.75, 3.05) is 6.54 Å². The van der Waals surface area contributed by atoms with Crippen LogP contribution in [0.1, 0.15) is 68.1 Å². The van der Waals surface area contributed by atoms with Crippen molar-refractivity contribution in [3.8, 4) is 0 Å². The first-order valence-corrected chi connectivity index (χ1v) is 8.70. The number of hydrogen-bond donors (Lipinski definition) is 2. The number of carbonyl (C=O) groups excluding carboxylic acids is 2. The van der Waals surface area contributed by atoms with Gasteiger partial charge < -0.3 is 10.6 Å². The molecule has 1 aliphatic carbocycles. The zero-order valence-electron chi connectivity index (χ0n) is 14.2. The van der Waals surface area contributed by atoms with E-state index in [1.807, 2.05) is 6.07 Å². The van der Waals surface area contributed by atoms with Crippen LogP contribution in [-0.4, -0.2) is 34.2 Å². The lowest BCUT2D eigenvalue weighted by atomic mass is 9.95. The molecule has 23 heavy (non-hydrogen) atoms. The number of hydrogen-bond acceptors (Lipinski definition) is 3. The lowest BCUT2D eigenvalue weighted by molar-refractivity contribution is -0.121. The van der Waals surface area contributed by atoms with Gasteiger partial charge >= 0.3 is 0 Å². The first kappa shape index (κ1) is 17.5. The van der Waals surface area contributed by atoms with Gasteiger partial charge in [-0.25, -0.2) is 0 Å². The maximum atomic E-state index is 12.2. The van der Waals surface area contributed by atoms with Gasteiger partial charge in [0.15, 0.2) is 0 Å². The molecule has 0 unspecified atom stereocenters. The van der Waals surface area contributed by atoms with Crippen LogP contribution < -0.4 is 10.6 Å². The fourth-order valence-electron chi connectivity index (χ4n) is 3.04. The van der Waals surface area contributed by atoms with E-state index in [1.54, 1.807) is 11.7 Å². The number of carbonyl (C=O) groups is 2. The summed E-state index contributed by atoms with van der Waals surface area (Å²) in [6.07, 6.45) is 8.00. The summed E-state index contributed by atoms with van der Waals surface area (Å²) in [6.45, 7) is 2.44. The Kier molecular flexibility index (Phi) is 6.62. The third kappa shape index (κ3) is 5.37. The predicted octanol–water partition coefficient (Wildman–Crippen LogP) is 1.94. The highest BCUT2D eigenvalue weighted by Crippen LogP contribution is 2.17. The Hall–Kier alpha value is -1.85. The topological polar surface area (TPSA) is 76.0 Å². The van der Waals surface area contributed by atoms with E-state index >= 15 is 0 Å². The summed E-state index contributed by atoms with van der Waals surface area (Å²) in [5, 5.41) is 10.2. The average molecular weight is 320 g/mol. The summed E-state index contributed by atoms with van der Waals surface area (Å²) in [5.41, 5.74) is 1.47. The number of nitrogens with one attached hydrogen (secondary N) is 2. The van der Waals surface area contributed by atoms with Gasteiger partial charge in [0, 0.05) is 26.1 Å². The molecule has 1 aromatic rings. The molecule has 1 aliphatic rings. The van der Waals surface area contributed by atoms with E-state index in [2.05, 4.69) is 22.7 Å². The molecule has 0 aromatic carbocycles. The van der Waals surface area contributed by atoms with Gasteiger partial charge in [-0.2, -0.15) is 5.10 Å². The SMILES string of the molecule is CCCc1cc(C(=O)NCCC(=O)NC2CCCCC2)n(C)n1. The molecule has 1 heterocycles. The van der Waals surface area contributed by atoms with E-state index in [4.69, 9.17) is 0 Å². The third-order valence-electron chi connectivity index (χ3n) is 4.28. The molecular weight excluding hydrogens is 292 g/mol. The van der Waals surface area contributed by atoms with Gasteiger partial charge in [0.2, 0.25) is 5.91 Å². The van der Waals surface area contributed by atoms with Crippen molar-refractivity contribution in [3.63, 3.8) is 0 Å². The second-order valence-corrected chi connectivity index (χ2v) is 6.30. The minimum absolute atomic E-state index is 0.0221. The first-order chi connectivity index (χ1) is 11.1. The van der Waals surface area contributed by atoms with Crippen LogP contribution in [0.3, 0.4) is 0 Å². The number of aromatic nitrogens is 2. The van der Waals surface area contributed by atoms with Crippen LogP contribution in [0.25, 0.3) is 0 Å². The van der Waals surface area contributed by atoms with Crippen LogP contribution in [0.2, 0.25) is 0 Å². The Balaban J connectivity index is 1.72. The second-order valence-electron chi connectivity index (χ2n) is 6.30. The first-order valence-electron chi connectivity index (χ1n) is 8.70. The summed E-state index contributed by atoms with van der Waals surface area (Å²) >= 11 is 0. The lowest BCUT2D eigenvalue weighted by Crippen LogP contribution is -2.38. The number of rotatable bonds is 7. The summed E-state index contributed by atoms with van der Waals surface area (Å²) in [5.74, 6) is -0.151. The molecule has 0 radical (unpaired) electrons. The zero-order valence-corrected chi connectivity index (χ0v) is 14.2. The van der Waals surface area contributed by atoms with Crippen molar-refractivity contribution in [3.05, 3.63) is 17.5 Å². The summed E-state index contributed by atoms with van der Waals surface area (Å²) in [7, 11) is 1.77. The van der Waals surface area contributed by atoms with Crippen molar-refractivity contribution in [1.82, 2.24) is 20.4 Å². The Bertz CT molecular complexity index is 533. The second kappa shape index (κ2) is 8.70. The van der Waals surface area contributed by atoms with Gasteiger partial charge in [0.25, 0.3) is 5.91 Å². The Morgan fingerprint density at radius 1 is 1.30 bits per heavy atom. The van der Waals surface area contributed by atoms with Crippen molar-refractivity contribution in [2.45, 2.75) is 64.3 Å². The van der Waals surface area contributed by atoms with Gasteiger partial charge in [0.1, 0.15) is 5.69 Å². The molecule has 2 N–H and O–H groups in total. The smallest absolute Gasteiger partial charge is 0.269 e. The van der Waals surface area contributed by atoms with E-state index < -0.39 is 0 Å². The van der Waals surface area contributed by atoms with Gasteiger partial charge in [0.05, 0.1) is 5.69 Å². The maximum Gasteiger partial charge on any atom is 0.269 e. The van der Waals surface area contributed by atoms with Crippen molar-refractivity contribution >= 4 is 11.8 Å². The van der Waals surface area contributed by atoms with Crippen LogP contribution in [0.15, 0.2) is 6.07 Å². The molecule has 0 saturated heterocycles. The highest BCUT2D eigenvalue weighted by molar-refractivity contribution is 5.92. The van der Waals surface area contributed by atoms with Crippen LogP contribution in [0.4, 0.5) is 0 Å². The molecule has 6 heteroatoms. The third-order valence-corrected chi connectivity index (χ3v) is 4.28. The van der Waals surface area contributed by atoms with E-state index in [9.17, 15) is 9.59 Å². The fourth-order valence-corrected chi connectivity index (χ4v) is 3.04. The predicted molar refractivity (Wildman–Crippen MR) is 89.2 cm³/mol. The maximum absolute atomic E-state index is 12.2. The molecule has 0 atom stereocenters. The van der Waals surface area contributed by atoms with Gasteiger partial charge in [-0.05, 0) is 25.3 Å². The molecule has 6 nitrogen and oxygen atoms in total. The lowest BCUT2D eigenvalue weighted by Gasteiger charge is -2.22. The summed E-state index contributed by atoms with van der Waals surface area (Å²) < 4.78 is 1.60. The van der Waals surface area contributed by atoms with Crippen molar-refractivity contribution in [1.29, 1.82) is 0 Å². The largest absolute Gasteiger partial charge is 0.353 e. The average Bonchev–Trinajstić information content (AvgIpc) is 2.89. The van der Waals surface area contributed by atoms with Crippen molar-refractivity contribution in [2.24, 2.45) is 7.05 Å². The summed E-state index contributed by atoms with van der Waals surface area (Å²) in [6, 6.07) is 2.14. The van der Waals surface area contributed by atoms with E-state index in [0.29, 0.717) is 24.7 Å². The minimum atomic E-state index is -0.173. The molecule has 128 valence electrons. The van der Waals surface area contributed by atoms with Crippen LogP contribution in [0, 0.1) is 0 Å². The quantitative estimate of drug-likeness (QED) is 0.806. The monoisotopic (exact) mass is 320 g/mol. The Morgan fingerprint density at radius 2 is 2.04 bits per heavy atom. The van der Waals surface area contributed by atoms with Crippen molar-refractivity contribution < 1.29 is 9.59 Å².